The number of aliphatic hydroxyl groups excluding tert-OH is 1. The lowest BCUT2D eigenvalue weighted by atomic mass is 9.72. The van der Waals surface area contributed by atoms with Crippen molar-refractivity contribution in [2.45, 2.75) is 51.7 Å². The van der Waals surface area contributed by atoms with Crippen LogP contribution in [0.1, 0.15) is 47.1 Å². The van der Waals surface area contributed by atoms with Crippen LogP contribution in [0.3, 0.4) is 0 Å². The maximum Gasteiger partial charge on any atom is 0.221 e. The van der Waals surface area contributed by atoms with Crippen molar-refractivity contribution >= 4 is 11.5 Å². The third-order valence-electron chi connectivity index (χ3n) is 8.48. The predicted octanol–water partition coefficient (Wildman–Crippen LogP) is 4.55. The van der Waals surface area contributed by atoms with Gasteiger partial charge in [0.1, 0.15) is 24.0 Å². The van der Waals surface area contributed by atoms with E-state index in [9.17, 15) is 19.4 Å². The molecule has 1 saturated carbocycles. The molecule has 1 unspecified atom stereocenters. The van der Waals surface area contributed by atoms with Crippen LogP contribution in [0.2, 0.25) is 0 Å². The average Bonchev–Trinajstić information content (AvgIpc) is 3.39. The molecule has 7 nitrogen and oxygen atoms in total. The van der Waals surface area contributed by atoms with Gasteiger partial charge in [-0.05, 0) is 90.6 Å². The van der Waals surface area contributed by atoms with Crippen molar-refractivity contribution in [1.29, 1.82) is 0 Å². The second-order valence-electron chi connectivity index (χ2n) is 11.6. The first kappa shape index (κ1) is 27.4. The zero-order valence-electron chi connectivity index (χ0n) is 23.0. The number of carbonyl (C=O) groups is 1. The van der Waals surface area contributed by atoms with Crippen molar-refractivity contribution in [3.63, 3.8) is 0 Å². The highest BCUT2D eigenvalue weighted by Crippen LogP contribution is 2.56. The van der Waals surface area contributed by atoms with Crippen molar-refractivity contribution in [2.75, 3.05) is 13.2 Å². The van der Waals surface area contributed by atoms with Gasteiger partial charge in [-0.2, -0.15) is 0 Å². The molecule has 0 aliphatic heterocycles. The van der Waals surface area contributed by atoms with E-state index in [1.165, 1.54) is 6.07 Å². The fraction of sp³-hybridized carbons (Fsp3) is 0.375. The third-order valence-corrected chi connectivity index (χ3v) is 8.48. The lowest BCUT2D eigenvalue weighted by Crippen LogP contribution is -2.48. The van der Waals surface area contributed by atoms with Gasteiger partial charge in [0.25, 0.3) is 0 Å². The summed E-state index contributed by atoms with van der Waals surface area (Å²) < 4.78 is 41.6. The van der Waals surface area contributed by atoms with E-state index in [0.717, 1.165) is 45.9 Å². The number of rotatable bonds is 10. The van der Waals surface area contributed by atoms with Crippen LogP contribution < -0.4 is 15.2 Å². The van der Waals surface area contributed by atoms with Crippen molar-refractivity contribution in [2.24, 2.45) is 17.6 Å². The van der Waals surface area contributed by atoms with Crippen LogP contribution in [-0.2, 0) is 17.8 Å². The van der Waals surface area contributed by atoms with E-state index < -0.39 is 17.2 Å². The molecule has 0 bridgehead atoms. The topological polar surface area (TPSA) is 115 Å². The Bertz CT molecular complexity index is 1570. The second kappa shape index (κ2) is 10.2. The standard InChI is InChI=1S/C32H32F2N2O5/c1-16-3-21(40-13-18-10-32(39,11-18)15-37)4-17(2)30(16)24-6-20(26(33)9-27(24)34)14-41-29-7-19-5-22-23(8-28(35)38)31(22)25(19)12-36-29/h3-4,6-7,9,12,18,22,37,39H,5,8,10-11,13-15H2,1-2H3,(H2,35,38). The molecule has 2 aromatic carbocycles. The first-order chi connectivity index (χ1) is 19.5. The summed E-state index contributed by atoms with van der Waals surface area (Å²) >= 11 is 0. The first-order valence-electron chi connectivity index (χ1n) is 13.7. The quantitative estimate of drug-likeness (QED) is 0.334. The van der Waals surface area contributed by atoms with E-state index in [1.807, 2.05) is 32.0 Å². The summed E-state index contributed by atoms with van der Waals surface area (Å²) in [5.74, 6) is -0.315. The molecule has 214 valence electrons. The number of pyridine rings is 1. The highest BCUT2D eigenvalue weighted by atomic mass is 19.1. The molecule has 1 heterocycles. The largest absolute Gasteiger partial charge is 0.493 e. The summed E-state index contributed by atoms with van der Waals surface area (Å²) in [5, 5.41) is 19.2. The van der Waals surface area contributed by atoms with E-state index >= 15 is 4.39 Å². The summed E-state index contributed by atoms with van der Waals surface area (Å²) in [5.41, 5.74) is 11.3. The Balaban J connectivity index is 1.15. The molecule has 9 heteroatoms. The zero-order valence-corrected chi connectivity index (χ0v) is 23.0. The fourth-order valence-electron chi connectivity index (χ4n) is 6.45. The number of allylic oxidation sites excluding steroid dienone is 1. The van der Waals surface area contributed by atoms with Gasteiger partial charge in [0.2, 0.25) is 11.8 Å². The number of aryl methyl sites for hydroxylation is 2. The molecular weight excluding hydrogens is 530 g/mol. The highest BCUT2D eigenvalue weighted by Gasteiger charge is 2.44. The van der Waals surface area contributed by atoms with E-state index in [0.29, 0.717) is 36.6 Å². The number of nitrogens with two attached hydrogens (primary N) is 1. The molecule has 4 N–H and O–H groups in total. The molecule has 1 amide bonds. The van der Waals surface area contributed by atoms with Gasteiger partial charge in [0.15, 0.2) is 0 Å². The van der Waals surface area contributed by atoms with Crippen LogP contribution in [0.4, 0.5) is 8.78 Å². The van der Waals surface area contributed by atoms with E-state index in [1.54, 1.807) is 6.20 Å². The van der Waals surface area contributed by atoms with Gasteiger partial charge in [-0.25, -0.2) is 13.8 Å². The molecule has 0 spiro atoms. The number of fused-ring (bicyclic) bond motifs is 3. The van der Waals surface area contributed by atoms with Crippen LogP contribution in [-0.4, -0.2) is 39.9 Å². The summed E-state index contributed by atoms with van der Waals surface area (Å²) in [7, 11) is 0. The minimum Gasteiger partial charge on any atom is -0.493 e. The molecule has 1 fully saturated rings. The number of amides is 1. The molecule has 1 atom stereocenters. The zero-order chi connectivity index (χ0) is 29.1. The molecule has 0 radical (unpaired) electrons. The van der Waals surface area contributed by atoms with Crippen LogP contribution in [0.15, 0.2) is 42.1 Å². The Kier molecular flexibility index (Phi) is 6.82. The molecule has 3 aromatic rings. The average molecular weight is 563 g/mol. The summed E-state index contributed by atoms with van der Waals surface area (Å²) in [6.07, 6.45) is 3.74. The van der Waals surface area contributed by atoms with Gasteiger partial charge in [-0.15, -0.1) is 0 Å². The van der Waals surface area contributed by atoms with Gasteiger partial charge in [-0.1, -0.05) is 0 Å². The lowest BCUT2D eigenvalue weighted by molar-refractivity contribution is -0.117. The second-order valence-corrected chi connectivity index (χ2v) is 11.6. The molecule has 41 heavy (non-hydrogen) atoms. The number of carbonyl (C=O) groups excluding carboxylic acids is 1. The third kappa shape index (κ3) is 5.20. The predicted molar refractivity (Wildman–Crippen MR) is 148 cm³/mol. The van der Waals surface area contributed by atoms with Gasteiger partial charge in [0.05, 0.1) is 18.8 Å². The summed E-state index contributed by atoms with van der Waals surface area (Å²) in [4.78, 5) is 15.6. The normalized spacial score (nSPS) is 22.2. The number of hydrogen-bond donors (Lipinski definition) is 3. The van der Waals surface area contributed by atoms with Crippen LogP contribution in [0, 0.1) is 37.3 Å². The Hall–Kier alpha value is -3.82. The Morgan fingerprint density at radius 2 is 1.80 bits per heavy atom. The summed E-state index contributed by atoms with van der Waals surface area (Å²) in [6.45, 7) is 3.74. The first-order valence-corrected chi connectivity index (χ1v) is 13.7. The van der Waals surface area contributed by atoms with Crippen molar-refractivity contribution in [3.8, 4) is 22.8 Å². The molecule has 0 saturated heterocycles. The molecule has 1 aromatic heterocycles. The van der Waals surface area contributed by atoms with Gasteiger partial charge < -0.3 is 25.4 Å². The van der Waals surface area contributed by atoms with Crippen LogP contribution in [0.5, 0.6) is 11.6 Å². The van der Waals surface area contributed by atoms with E-state index in [-0.39, 0.29) is 48.5 Å². The smallest absolute Gasteiger partial charge is 0.221 e. The number of nitrogens with zero attached hydrogens (tertiary/aromatic N) is 1. The van der Waals surface area contributed by atoms with E-state index in [2.05, 4.69) is 4.98 Å². The lowest BCUT2D eigenvalue weighted by Gasteiger charge is -2.42. The molecule has 6 rings (SSSR count). The Morgan fingerprint density at radius 3 is 2.49 bits per heavy atom. The number of hydrogen-bond acceptors (Lipinski definition) is 6. The number of primary amides is 1. The highest BCUT2D eigenvalue weighted by molar-refractivity contribution is 5.95. The van der Waals surface area contributed by atoms with Gasteiger partial charge in [0, 0.05) is 47.4 Å². The van der Waals surface area contributed by atoms with E-state index in [4.69, 9.17) is 15.2 Å². The number of benzene rings is 2. The molecule has 3 aliphatic rings. The molecule has 3 aliphatic carbocycles. The number of aromatic nitrogens is 1. The SMILES string of the molecule is Cc1cc(OCC2CC(O)(CO)C2)cc(C)c1-c1cc(COc2cc3c(cn2)C2=C(CC(N)=O)C2C3)c(F)cc1F. The van der Waals surface area contributed by atoms with Crippen molar-refractivity contribution < 1.29 is 33.3 Å². The number of aliphatic hydroxyl groups is 2. The van der Waals surface area contributed by atoms with Crippen LogP contribution in [0.25, 0.3) is 16.7 Å². The monoisotopic (exact) mass is 562 g/mol. The summed E-state index contributed by atoms with van der Waals surface area (Å²) in [6, 6.07) is 7.84. The van der Waals surface area contributed by atoms with Crippen molar-refractivity contribution in [1.82, 2.24) is 4.98 Å². The maximum atomic E-state index is 15.1. The molecular formula is C32H32F2N2O5. The van der Waals surface area contributed by atoms with Gasteiger partial charge >= 0.3 is 0 Å². The van der Waals surface area contributed by atoms with Gasteiger partial charge in [-0.3, -0.25) is 4.79 Å². The minimum absolute atomic E-state index is 0.120. The maximum absolute atomic E-state index is 15.1. The Labute approximate surface area is 236 Å². The minimum atomic E-state index is -1.00. The van der Waals surface area contributed by atoms with Crippen LogP contribution >= 0.6 is 0 Å². The number of ether oxygens (including phenoxy) is 2. The van der Waals surface area contributed by atoms with Crippen molar-refractivity contribution in [3.05, 3.63) is 81.6 Å². The number of halogens is 2. The fourth-order valence-corrected chi connectivity index (χ4v) is 6.45. The Morgan fingerprint density at radius 1 is 1.07 bits per heavy atom.